The summed E-state index contributed by atoms with van der Waals surface area (Å²) in [6, 6.07) is 8.21. The molecule has 0 unspecified atom stereocenters. The molecule has 1 heterocycles. The number of halogens is 2. The Kier molecular flexibility index (Phi) is 6.80. The molecule has 1 aliphatic rings. The van der Waals surface area contributed by atoms with Gasteiger partial charge in [-0.2, -0.15) is 0 Å². The van der Waals surface area contributed by atoms with Gasteiger partial charge in [0.25, 0.3) is 5.69 Å². The lowest BCUT2D eigenvalue weighted by atomic mass is 10.0. The number of nitrogen functional groups attached to an aromatic ring is 1. The Hall–Kier alpha value is -3.13. The Labute approximate surface area is 183 Å². The van der Waals surface area contributed by atoms with Gasteiger partial charge in [0.05, 0.1) is 22.7 Å². The van der Waals surface area contributed by atoms with E-state index in [1.807, 2.05) is 29.6 Å². The third-order valence-electron chi connectivity index (χ3n) is 5.32. The van der Waals surface area contributed by atoms with E-state index in [0.29, 0.717) is 18.8 Å². The van der Waals surface area contributed by atoms with Crippen LogP contribution in [0.25, 0.3) is 0 Å². The molecule has 2 aromatic rings. The van der Waals surface area contributed by atoms with Crippen molar-refractivity contribution < 1.29 is 18.8 Å². The van der Waals surface area contributed by atoms with Gasteiger partial charge in [0.1, 0.15) is 29.2 Å². The summed E-state index contributed by atoms with van der Waals surface area (Å²) < 4.78 is 18.9. The van der Waals surface area contributed by atoms with Crippen LogP contribution in [0.4, 0.5) is 15.8 Å². The SMILES string of the molecule is C[C@@H]1C(=C=O)N(Cc2ccc(F)cc2)[C@@H](C)CN1COc1cc([N+](=O)[O-])c(Cl)cc1N. The minimum absolute atomic E-state index is 0.0572. The van der Waals surface area contributed by atoms with Crippen molar-refractivity contribution in [2.75, 3.05) is 19.0 Å². The normalized spacial score (nSPS) is 19.2. The number of nitrogens with two attached hydrogens (primary N) is 1. The molecule has 3 rings (SSSR count). The van der Waals surface area contributed by atoms with Crippen molar-refractivity contribution in [3.05, 3.63) is 68.6 Å². The van der Waals surface area contributed by atoms with Gasteiger partial charge in [0, 0.05) is 19.1 Å². The molecular weight excluding hydrogens is 427 g/mol. The number of anilines is 1. The van der Waals surface area contributed by atoms with Crippen molar-refractivity contribution >= 4 is 28.9 Å². The predicted octanol–water partition coefficient (Wildman–Crippen LogP) is 3.62. The Morgan fingerprint density at radius 3 is 2.61 bits per heavy atom. The number of nitrogens with zero attached hydrogens (tertiary/aromatic N) is 3. The van der Waals surface area contributed by atoms with Crippen LogP contribution >= 0.6 is 11.6 Å². The molecule has 2 aromatic carbocycles. The van der Waals surface area contributed by atoms with E-state index in [1.54, 1.807) is 12.1 Å². The third kappa shape index (κ3) is 4.96. The molecular formula is C21H22ClFN4O4. The van der Waals surface area contributed by atoms with Crippen molar-refractivity contribution in [2.24, 2.45) is 0 Å². The molecule has 8 nitrogen and oxygen atoms in total. The van der Waals surface area contributed by atoms with Crippen LogP contribution in [-0.4, -0.2) is 46.0 Å². The number of benzene rings is 2. The maximum absolute atomic E-state index is 13.2. The second kappa shape index (κ2) is 9.34. The molecule has 31 heavy (non-hydrogen) atoms. The van der Waals surface area contributed by atoms with Crippen LogP contribution < -0.4 is 10.5 Å². The summed E-state index contributed by atoms with van der Waals surface area (Å²) in [4.78, 5) is 26.1. The number of nitro groups is 1. The first-order chi connectivity index (χ1) is 14.7. The minimum Gasteiger partial charge on any atom is -0.476 e. The van der Waals surface area contributed by atoms with E-state index < -0.39 is 4.92 Å². The zero-order chi connectivity index (χ0) is 22.7. The Morgan fingerprint density at radius 1 is 1.32 bits per heavy atom. The second-order valence-corrected chi connectivity index (χ2v) is 7.82. The maximum Gasteiger partial charge on any atom is 0.291 e. The van der Waals surface area contributed by atoms with E-state index in [2.05, 4.69) is 0 Å². The van der Waals surface area contributed by atoms with Gasteiger partial charge in [-0.05, 0) is 37.6 Å². The first-order valence-electron chi connectivity index (χ1n) is 9.57. The van der Waals surface area contributed by atoms with Crippen molar-refractivity contribution in [1.29, 1.82) is 0 Å². The number of nitro benzene ring substituents is 1. The van der Waals surface area contributed by atoms with E-state index >= 15 is 0 Å². The molecule has 0 spiro atoms. The van der Waals surface area contributed by atoms with Gasteiger partial charge < -0.3 is 15.4 Å². The molecule has 1 saturated heterocycles. The molecule has 0 amide bonds. The molecule has 0 aliphatic carbocycles. The fourth-order valence-corrected chi connectivity index (χ4v) is 3.80. The van der Waals surface area contributed by atoms with E-state index in [0.717, 1.165) is 5.56 Å². The highest BCUT2D eigenvalue weighted by Gasteiger charge is 2.34. The lowest BCUT2D eigenvalue weighted by molar-refractivity contribution is -0.384. The van der Waals surface area contributed by atoms with Crippen LogP contribution in [-0.2, 0) is 11.3 Å². The van der Waals surface area contributed by atoms with E-state index in [-0.39, 0.29) is 46.8 Å². The highest BCUT2D eigenvalue weighted by atomic mass is 35.5. The number of ether oxygens (including phenoxy) is 1. The summed E-state index contributed by atoms with van der Waals surface area (Å²) in [5.74, 6) is 1.85. The number of rotatable bonds is 6. The Balaban J connectivity index is 1.74. The zero-order valence-corrected chi connectivity index (χ0v) is 17.8. The van der Waals surface area contributed by atoms with Gasteiger partial charge >= 0.3 is 0 Å². The molecule has 0 radical (unpaired) electrons. The molecule has 0 bridgehead atoms. The van der Waals surface area contributed by atoms with Crippen molar-refractivity contribution in [3.63, 3.8) is 0 Å². The highest BCUT2D eigenvalue weighted by Crippen LogP contribution is 2.34. The van der Waals surface area contributed by atoms with Gasteiger partial charge in [-0.3, -0.25) is 15.0 Å². The standard InChI is InChI=1S/C21H22ClFN4O4/c1-13-9-25(12-31-21-8-19(27(29)30)17(22)7-18(21)24)14(2)20(11-28)26(13)10-15-3-5-16(23)6-4-15/h3-8,13-14H,9-10,12,24H2,1-2H3/t13-,14+/m0/s1. The fraction of sp³-hybridized carbons (Fsp3) is 0.333. The summed E-state index contributed by atoms with van der Waals surface area (Å²) in [7, 11) is 0. The summed E-state index contributed by atoms with van der Waals surface area (Å²) >= 11 is 5.86. The smallest absolute Gasteiger partial charge is 0.291 e. The molecule has 1 aliphatic heterocycles. The van der Waals surface area contributed by atoms with Crippen molar-refractivity contribution in [1.82, 2.24) is 9.80 Å². The summed E-state index contributed by atoms with van der Waals surface area (Å²) in [5.41, 5.74) is 7.08. The fourth-order valence-electron chi connectivity index (χ4n) is 3.56. The van der Waals surface area contributed by atoms with Gasteiger partial charge in [-0.25, -0.2) is 9.18 Å². The average Bonchev–Trinajstić information content (AvgIpc) is 2.72. The van der Waals surface area contributed by atoms with Gasteiger partial charge in [-0.1, -0.05) is 23.7 Å². The Morgan fingerprint density at radius 2 is 2.00 bits per heavy atom. The first kappa shape index (κ1) is 22.6. The van der Waals surface area contributed by atoms with Gasteiger partial charge in [-0.15, -0.1) is 0 Å². The van der Waals surface area contributed by atoms with Crippen LogP contribution in [0.15, 0.2) is 42.1 Å². The largest absolute Gasteiger partial charge is 0.476 e. The van der Waals surface area contributed by atoms with Crippen molar-refractivity contribution in [3.8, 4) is 5.75 Å². The number of hydrogen-bond acceptors (Lipinski definition) is 7. The van der Waals surface area contributed by atoms with Gasteiger partial charge in [0.15, 0.2) is 5.75 Å². The highest BCUT2D eigenvalue weighted by molar-refractivity contribution is 6.33. The average molecular weight is 449 g/mol. The monoisotopic (exact) mass is 448 g/mol. The molecule has 0 aromatic heterocycles. The maximum atomic E-state index is 13.2. The number of piperazine rings is 1. The summed E-state index contributed by atoms with van der Waals surface area (Å²) in [5, 5.41) is 11.0. The first-order valence-corrected chi connectivity index (χ1v) is 9.95. The van der Waals surface area contributed by atoms with Crippen LogP contribution in [0.3, 0.4) is 0 Å². The predicted molar refractivity (Wildman–Crippen MR) is 115 cm³/mol. The minimum atomic E-state index is -0.610. The van der Waals surface area contributed by atoms with E-state index in [9.17, 15) is 19.3 Å². The molecule has 0 saturated carbocycles. The topological polar surface area (TPSA) is 102 Å². The van der Waals surface area contributed by atoms with Crippen LogP contribution in [0.1, 0.15) is 19.4 Å². The molecule has 164 valence electrons. The molecule has 2 atom stereocenters. The van der Waals surface area contributed by atoms with Crippen LogP contribution in [0.5, 0.6) is 5.75 Å². The summed E-state index contributed by atoms with van der Waals surface area (Å²) in [6.45, 7) is 4.87. The quantitative estimate of drug-likeness (QED) is 0.311. The van der Waals surface area contributed by atoms with Crippen LogP contribution in [0, 0.1) is 15.9 Å². The van der Waals surface area contributed by atoms with Crippen LogP contribution in [0.2, 0.25) is 5.02 Å². The lowest BCUT2D eigenvalue weighted by Gasteiger charge is -2.45. The molecule has 1 fully saturated rings. The third-order valence-corrected chi connectivity index (χ3v) is 5.62. The number of carbonyl (C=O) groups excluding carboxylic acids is 1. The Bertz CT molecular complexity index is 1030. The lowest BCUT2D eigenvalue weighted by Crippen LogP contribution is -2.55. The van der Waals surface area contributed by atoms with E-state index in [1.165, 1.54) is 24.3 Å². The molecule has 2 N–H and O–H groups in total. The summed E-state index contributed by atoms with van der Waals surface area (Å²) in [6.07, 6.45) is 0. The zero-order valence-electron chi connectivity index (χ0n) is 17.0. The number of hydrogen-bond donors (Lipinski definition) is 1. The molecule has 10 heteroatoms. The van der Waals surface area contributed by atoms with Gasteiger partial charge in [0.2, 0.25) is 0 Å². The van der Waals surface area contributed by atoms with E-state index in [4.69, 9.17) is 22.1 Å². The van der Waals surface area contributed by atoms with Crippen molar-refractivity contribution in [2.45, 2.75) is 32.5 Å². The second-order valence-electron chi connectivity index (χ2n) is 7.41.